The second-order valence-corrected chi connectivity index (χ2v) is 7.74. The fraction of sp³-hybridized carbons (Fsp3) is 0.474. The lowest BCUT2D eigenvalue weighted by Gasteiger charge is -2.30. The highest BCUT2D eigenvalue weighted by atomic mass is 32.2. The standard InChI is InChI=1S/C19H23N3O2S/c23-19(18-8-10-22(20-18)15-5-2-1-3-6-15)21(16-9-12-25-14-16)13-17-7-4-11-24-17/h1-3,5-6,8,10,16-17H,4,7,9,11-14H2/t16-,17-/m1/s1. The summed E-state index contributed by atoms with van der Waals surface area (Å²) in [5, 5.41) is 4.53. The summed E-state index contributed by atoms with van der Waals surface area (Å²) >= 11 is 1.92. The zero-order valence-electron chi connectivity index (χ0n) is 14.2. The summed E-state index contributed by atoms with van der Waals surface area (Å²) in [6.45, 7) is 1.50. The van der Waals surface area contributed by atoms with E-state index in [0.717, 1.165) is 43.1 Å². The topological polar surface area (TPSA) is 47.4 Å². The molecule has 0 N–H and O–H groups in total. The molecule has 2 aliphatic rings. The largest absolute Gasteiger partial charge is 0.376 e. The van der Waals surface area contributed by atoms with Crippen LogP contribution in [0, 0.1) is 0 Å². The van der Waals surface area contributed by atoms with Gasteiger partial charge in [-0.15, -0.1) is 0 Å². The number of amides is 1. The molecule has 2 aliphatic heterocycles. The molecule has 1 aromatic carbocycles. The number of carbonyl (C=O) groups is 1. The summed E-state index contributed by atoms with van der Waals surface area (Å²) in [6.07, 6.45) is 5.22. The Morgan fingerprint density at radius 2 is 2.16 bits per heavy atom. The van der Waals surface area contributed by atoms with Crippen LogP contribution in [0.15, 0.2) is 42.6 Å². The molecule has 2 fully saturated rings. The molecule has 2 saturated heterocycles. The fourth-order valence-corrected chi connectivity index (χ4v) is 4.71. The van der Waals surface area contributed by atoms with Gasteiger partial charge in [0.1, 0.15) is 0 Å². The van der Waals surface area contributed by atoms with Crippen LogP contribution in [-0.4, -0.2) is 57.4 Å². The van der Waals surface area contributed by atoms with Crippen LogP contribution in [0.25, 0.3) is 5.69 Å². The van der Waals surface area contributed by atoms with Crippen molar-refractivity contribution in [2.75, 3.05) is 24.7 Å². The monoisotopic (exact) mass is 357 g/mol. The van der Waals surface area contributed by atoms with Crippen molar-refractivity contribution < 1.29 is 9.53 Å². The Morgan fingerprint density at radius 1 is 1.28 bits per heavy atom. The van der Waals surface area contributed by atoms with Crippen molar-refractivity contribution in [3.63, 3.8) is 0 Å². The Kier molecular flexibility index (Phi) is 5.08. The molecule has 4 rings (SSSR count). The molecule has 0 aliphatic carbocycles. The summed E-state index contributed by atoms with van der Waals surface area (Å²) in [5.74, 6) is 2.16. The molecule has 0 unspecified atom stereocenters. The number of para-hydroxylation sites is 1. The summed E-state index contributed by atoms with van der Waals surface area (Å²) in [4.78, 5) is 15.2. The number of thioether (sulfide) groups is 1. The fourth-order valence-electron chi connectivity index (χ4n) is 3.48. The van der Waals surface area contributed by atoms with Gasteiger partial charge in [-0.2, -0.15) is 16.9 Å². The Bertz CT molecular complexity index is 706. The average molecular weight is 357 g/mol. The number of ether oxygens (including phenoxy) is 1. The molecule has 0 radical (unpaired) electrons. The van der Waals surface area contributed by atoms with Crippen LogP contribution >= 0.6 is 11.8 Å². The van der Waals surface area contributed by atoms with Crippen molar-refractivity contribution in [2.24, 2.45) is 0 Å². The maximum absolute atomic E-state index is 13.1. The van der Waals surface area contributed by atoms with Gasteiger partial charge >= 0.3 is 0 Å². The second-order valence-electron chi connectivity index (χ2n) is 6.59. The smallest absolute Gasteiger partial charge is 0.274 e. The number of carbonyl (C=O) groups excluding carboxylic acids is 1. The van der Waals surface area contributed by atoms with Crippen LogP contribution in [-0.2, 0) is 4.74 Å². The minimum absolute atomic E-state index is 0.0256. The normalized spacial score (nSPS) is 23.0. The third kappa shape index (κ3) is 3.75. The maximum atomic E-state index is 13.1. The van der Waals surface area contributed by atoms with Gasteiger partial charge < -0.3 is 9.64 Å². The van der Waals surface area contributed by atoms with Crippen LogP contribution in [0.3, 0.4) is 0 Å². The van der Waals surface area contributed by atoms with E-state index in [4.69, 9.17) is 4.74 Å². The van der Waals surface area contributed by atoms with Gasteiger partial charge in [-0.1, -0.05) is 18.2 Å². The number of benzene rings is 1. The number of hydrogen-bond donors (Lipinski definition) is 0. The van der Waals surface area contributed by atoms with Crippen LogP contribution in [0.4, 0.5) is 0 Å². The lowest BCUT2D eigenvalue weighted by molar-refractivity contribution is 0.0437. The predicted octanol–water partition coefficient (Wildman–Crippen LogP) is 3.00. The van der Waals surface area contributed by atoms with Gasteiger partial charge in [0, 0.05) is 31.1 Å². The average Bonchev–Trinajstić information content (AvgIpc) is 3.42. The van der Waals surface area contributed by atoms with E-state index in [2.05, 4.69) is 5.10 Å². The Morgan fingerprint density at radius 3 is 2.88 bits per heavy atom. The van der Waals surface area contributed by atoms with Crippen molar-refractivity contribution in [1.29, 1.82) is 0 Å². The number of rotatable bonds is 5. The minimum Gasteiger partial charge on any atom is -0.376 e. The van der Waals surface area contributed by atoms with E-state index < -0.39 is 0 Å². The number of nitrogens with zero attached hydrogens (tertiary/aromatic N) is 3. The molecular formula is C19H23N3O2S. The van der Waals surface area contributed by atoms with Gasteiger partial charge in [0.25, 0.3) is 5.91 Å². The predicted molar refractivity (Wildman–Crippen MR) is 99.3 cm³/mol. The Hall–Kier alpha value is -1.79. The molecule has 25 heavy (non-hydrogen) atoms. The summed E-state index contributed by atoms with van der Waals surface area (Å²) in [6, 6.07) is 12.0. The third-order valence-electron chi connectivity index (χ3n) is 4.86. The molecule has 5 nitrogen and oxygen atoms in total. The second kappa shape index (κ2) is 7.62. The molecule has 6 heteroatoms. The van der Waals surface area contributed by atoms with E-state index >= 15 is 0 Å². The minimum atomic E-state index is 0.0256. The maximum Gasteiger partial charge on any atom is 0.274 e. The first kappa shape index (κ1) is 16.7. The lowest BCUT2D eigenvalue weighted by atomic mass is 10.1. The van der Waals surface area contributed by atoms with E-state index in [0.29, 0.717) is 18.3 Å². The van der Waals surface area contributed by atoms with E-state index in [1.807, 2.05) is 59.3 Å². The van der Waals surface area contributed by atoms with Gasteiger partial charge in [0.2, 0.25) is 0 Å². The summed E-state index contributed by atoms with van der Waals surface area (Å²) in [7, 11) is 0. The van der Waals surface area contributed by atoms with E-state index in [-0.39, 0.29) is 12.0 Å². The van der Waals surface area contributed by atoms with Crippen LogP contribution < -0.4 is 0 Å². The summed E-state index contributed by atoms with van der Waals surface area (Å²) in [5.41, 5.74) is 1.47. The molecule has 1 amide bonds. The van der Waals surface area contributed by atoms with Crippen molar-refractivity contribution in [3.05, 3.63) is 48.3 Å². The van der Waals surface area contributed by atoms with Gasteiger partial charge in [0.05, 0.1) is 11.8 Å². The van der Waals surface area contributed by atoms with Crippen LogP contribution in [0.5, 0.6) is 0 Å². The molecule has 2 atom stereocenters. The highest BCUT2D eigenvalue weighted by Crippen LogP contribution is 2.25. The zero-order valence-corrected chi connectivity index (χ0v) is 15.0. The Labute approximate surface area is 152 Å². The molecular weight excluding hydrogens is 334 g/mol. The van der Waals surface area contributed by atoms with Gasteiger partial charge in [-0.05, 0) is 43.2 Å². The highest BCUT2D eigenvalue weighted by Gasteiger charge is 2.32. The van der Waals surface area contributed by atoms with Crippen molar-refractivity contribution in [2.45, 2.75) is 31.4 Å². The third-order valence-corrected chi connectivity index (χ3v) is 6.01. The van der Waals surface area contributed by atoms with Crippen molar-refractivity contribution >= 4 is 17.7 Å². The van der Waals surface area contributed by atoms with Crippen molar-refractivity contribution in [1.82, 2.24) is 14.7 Å². The van der Waals surface area contributed by atoms with E-state index in [1.165, 1.54) is 0 Å². The molecule has 3 heterocycles. The molecule has 1 aromatic heterocycles. The first-order chi connectivity index (χ1) is 12.3. The SMILES string of the molecule is O=C(c1ccn(-c2ccccc2)n1)N(C[C@H]1CCCO1)[C@@H]1CCSC1. The zero-order chi connectivity index (χ0) is 17.1. The van der Waals surface area contributed by atoms with Gasteiger partial charge in [-0.25, -0.2) is 4.68 Å². The molecule has 132 valence electrons. The van der Waals surface area contributed by atoms with E-state index in [1.54, 1.807) is 4.68 Å². The lowest BCUT2D eigenvalue weighted by Crippen LogP contribution is -2.44. The first-order valence-corrected chi connectivity index (χ1v) is 10.1. The number of aromatic nitrogens is 2. The molecule has 0 saturated carbocycles. The van der Waals surface area contributed by atoms with Gasteiger partial charge in [-0.3, -0.25) is 4.79 Å². The highest BCUT2D eigenvalue weighted by molar-refractivity contribution is 7.99. The van der Waals surface area contributed by atoms with Crippen LogP contribution in [0.1, 0.15) is 29.8 Å². The van der Waals surface area contributed by atoms with Gasteiger partial charge in [0.15, 0.2) is 5.69 Å². The number of hydrogen-bond acceptors (Lipinski definition) is 4. The summed E-state index contributed by atoms with van der Waals surface area (Å²) < 4.78 is 7.54. The molecule has 0 spiro atoms. The molecule has 0 bridgehead atoms. The quantitative estimate of drug-likeness (QED) is 0.825. The van der Waals surface area contributed by atoms with Crippen LogP contribution in [0.2, 0.25) is 0 Å². The Balaban J connectivity index is 1.54. The van der Waals surface area contributed by atoms with E-state index in [9.17, 15) is 4.79 Å². The molecule has 2 aromatic rings. The first-order valence-electron chi connectivity index (χ1n) is 8.92. The van der Waals surface area contributed by atoms with Crippen molar-refractivity contribution in [3.8, 4) is 5.69 Å².